The van der Waals surface area contributed by atoms with Crippen LogP contribution in [0.3, 0.4) is 0 Å². The third-order valence-electron chi connectivity index (χ3n) is 5.84. The van der Waals surface area contributed by atoms with Gasteiger partial charge in [-0.25, -0.2) is 0 Å². The van der Waals surface area contributed by atoms with Crippen LogP contribution in [-0.4, -0.2) is 45.0 Å². The van der Waals surface area contributed by atoms with Gasteiger partial charge < -0.3 is 39.4 Å². The van der Waals surface area contributed by atoms with Gasteiger partial charge in [-0.2, -0.15) is 0 Å². The number of fused-ring (bicyclic) bond motifs is 1. The molecule has 0 bridgehead atoms. The highest BCUT2D eigenvalue weighted by molar-refractivity contribution is 5.92. The van der Waals surface area contributed by atoms with Crippen LogP contribution in [0.15, 0.2) is 57.7 Å². The highest BCUT2D eigenvalue weighted by Gasteiger charge is 2.32. The van der Waals surface area contributed by atoms with Gasteiger partial charge in [0.15, 0.2) is 17.3 Å². The van der Waals surface area contributed by atoms with Gasteiger partial charge in [-0.05, 0) is 35.9 Å². The number of ether oxygens (including phenoxy) is 2. The number of methoxy groups -OCH3 is 1. The van der Waals surface area contributed by atoms with Crippen LogP contribution in [0, 0.1) is 0 Å². The van der Waals surface area contributed by atoms with Crippen molar-refractivity contribution in [3.8, 4) is 45.8 Å². The standard InChI is InChI=1S/C26H19F3O10/c1-37-19(34)9-14(11-2-5-13(6-3-11)39-26(27,28)29)20-17(32)10-18(33)21-22(35)23(36)24(38-25(20)21)12-4-7-15(30)16(31)8-12/h2-8,10,14,30-33,36H,9H2,1H3. The maximum atomic E-state index is 13.1. The van der Waals surface area contributed by atoms with E-state index in [2.05, 4.69) is 4.74 Å². The van der Waals surface area contributed by atoms with E-state index in [0.29, 0.717) is 0 Å². The Morgan fingerprint density at radius 2 is 1.59 bits per heavy atom. The van der Waals surface area contributed by atoms with E-state index in [-0.39, 0.29) is 16.7 Å². The number of esters is 1. The zero-order chi connectivity index (χ0) is 28.6. The molecule has 5 N–H and O–H groups in total. The van der Waals surface area contributed by atoms with E-state index in [9.17, 15) is 48.3 Å². The summed E-state index contributed by atoms with van der Waals surface area (Å²) in [6, 6.07) is 8.33. The molecule has 0 radical (unpaired) electrons. The molecule has 0 saturated carbocycles. The zero-order valence-electron chi connectivity index (χ0n) is 19.8. The first-order valence-corrected chi connectivity index (χ1v) is 11.0. The van der Waals surface area contributed by atoms with Gasteiger partial charge in [-0.1, -0.05) is 12.1 Å². The fourth-order valence-corrected chi connectivity index (χ4v) is 4.08. The van der Waals surface area contributed by atoms with E-state index in [1.54, 1.807) is 0 Å². The van der Waals surface area contributed by atoms with Crippen molar-refractivity contribution in [3.63, 3.8) is 0 Å². The molecule has 4 aromatic rings. The van der Waals surface area contributed by atoms with Crippen molar-refractivity contribution >= 4 is 16.9 Å². The lowest BCUT2D eigenvalue weighted by molar-refractivity contribution is -0.274. The molecule has 0 aliphatic rings. The summed E-state index contributed by atoms with van der Waals surface area (Å²) in [5.41, 5.74) is -1.75. The monoisotopic (exact) mass is 548 g/mol. The number of carbonyl (C=O) groups excluding carboxylic acids is 1. The summed E-state index contributed by atoms with van der Waals surface area (Å²) in [4.78, 5) is 25.4. The summed E-state index contributed by atoms with van der Waals surface area (Å²) in [7, 11) is 1.09. The van der Waals surface area contributed by atoms with Crippen molar-refractivity contribution < 1.29 is 57.4 Å². The van der Waals surface area contributed by atoms with Crippen molar-refractivity contribution in [2.24, 2.45) is 0 Å². The van der Waals surface area contributed by atoms with Crippen LogP contribution >= 0.6 is 0 Å². The average Bonchev–Trinajstić information content (AvgIpc) is 2.86. The molecule has 0 saturated heterocycles. The van der Waals surface area contributed by atoms with Gasteiger partial charge >= 0.3 is 12.3 Å². The molecule has 1 heterocycles. The van der Waals surface area contributed by atoms with E-state index in [1.165, 1.54) is 18.2 Å². The number of benzene rings is 3. The summed E-state index contributed by atoms with van der Waals surface area (Å²) in [5.74, 6) is -6.60. The van der Waals surface area contributed by atoms with Gasteiger partial charge in [0, 0.05) is 23.1 Å². The molecular weight excluding hydrogens is 529 g/mol. The number of phenols is 4. The molecule has 4 rings (SSSR count). The minimum atomic E-state index is -4.96. The Hall–Kier alpha value is -5.07. The third-order valence-corrected chi connectivity index (χ3v) is 5.84. The first kappa shape index (κ1) is 27.0. The largest absolute Gasteiger partial charge is 0.573 e. The van der Waals surface area contributed by atoms with Gasteiger partial charge in [-0.3, -0.25) is 9.59 Å². The molecule has 0 aliphatic carbocycles. The van der Waals surface area contributed by atoms with Crippen molar-refractivity contribution in [1.82, 2.24) is 0 Å². The molecular formula is C26H19F3O10. The van der Waals surface area contributed by atoms with Gasteiger partial charge in [0.2, 0.25) is 11.2 Å². The molecule has 204 valence electrons. The van der Waals surface area contributed by atoms with Gasteiger partial charge in [0.1, 0.15) is 28.2 Å². The lowest BCUT2D eigenvalue weighted by atomic mass is 9.86. The van der Waals surface area contributed by atoms with Crippen LogP contribution in [0.1, 0.15) is 23.5 Å². The summed E-state index contributed by atoms with van der Waals surface area (Å²) < 4.78 is 52.2. The molecule has 10 nitrogen and oxygen atoms in total. The summed E-state index contributed by atoms with van der Waals surface area (Å²) in [6.45, 7) is 0. The van der Waals surface area contributed by atoms with E-state index in [4.69, 9.17) is 9.15 Å². The minimum absolute atomic E-state index is 0.0752. The number of hydrogen-bond acceptors (Lipinski definition) is 10. The van der Waals surface area contributed by atoms with Crippen LogP contribution in [-0.2, 0) is 9.53 Å². The number of alkyl halides is 3. The first-order chi connectivity index (χ1) is 18.3. The second kappa shape index (κ2) is 10.0. The number of aromatic hydroxyl groups is 5. The minimum Gasteiger partial charge on any atom is -0.507 e. The van der Waals surface area contributed by atoms with E-state index in [1.807, 2.05) is 0 Å². The van der Waals surface area contributed by atoms with Crippen molar-refractivity contribution in [2.45, 2.75) is 18.7 Å². The SMILES string of the molecule is COC(=O)CC(c1ccc(OC(F)(F)F)cc1)c1c(O)cc(O)c2c(=O)c(O)c(-c3ccc(O)c(O)c3)oc12. The third kappa shape index (κ3) is 5.32. The van der Waals surface area contributed by atoms with Crippen molar-refractivity contribution in [1.29, 1.82) is 0 Å². The molecule has 1 atom stereocenters. The number of hydrogen-bond donors (Lipinski definition) is 5. The number of phenolic OH excluding ortho intramolecular Hbond substituents is 4. The molecule has 0 amide bonds. The highest BCUT2D eigenvalue weighted by Crippen LogP contribution is 2.45. The van der Waals surface area contributed by atoms with E-state index < -0.39 is 81.3 Å². The Morgan fingerprint density at radius 1 is 0.923 bits per heavy atom. The van der Waals surface area contributed by atoms with E-state index in [0.717, 1.165) is 37.4 Å². The van der Waals surface area contributed by atoms with Crippen LogP contribution in [0.25, 0.3) is 22.3 Å². The van der Waals surface area contributed by atoms with Crippen LogP contribution in [0.5, 0.6) is 34.5 Å². The summed E-state index contributed by atoms with van der Waals surface area (Å²) in [5, 5.41) is 50.7. The summed E-state index contributed by atoms with van der Waals surface area (Å²) >= 11 is 0. The number of halogens is 3. The average molecular weight is 548 g/mol. The predicted molar refractivity (Wildman–Crippen MR) is 128 cm³/mol. The van der Waals surface area contributed by atoms with Gasteiger partial charge in [-0.15, -0.1) is 13.2 Å². The predicted octanol–water partition coefficient (Wildman–Crippen LogP) is 4.58. The maximum Gasteiger partial charge on any atom is 0.573 e. The fourth-order valence-electron chi connectivity index (χ4n) is 4.08. The molecule has 0 spiro atoms. The molecule has 1 aromatic heterocycles. The molecule has 39 heavy (non-hydrogen) atoms. The Kier molecular flexibility index (Phi) is 6.92. The van der Waals surface area contributed by atoms with Gasteiger partial charge in [0.05, 0.1) is 13.5 Å². The first-order valence-electron chi connectivity index (χ1n) is 11.0. The van der Waals surface area contributed by atoms with Crippen LogP contribution < -0.4 is 10.2 Å². The Labute approximate surface area is 216 Å². The lowest BCUT2D eigenvalue weighted by Gasteiger charge is -2.21. The Balaban J connectivity index is 2.00. The van der Waals surface area contributed by atoms with Crippen LogP contribution in [0.4, 0.5) is 13.2 Å². The Bertz CT molecular complexity index is 1630. The fraction of sp³-hybridized carbons (Fsp3) is 0.154. The lowest BCUT2D eigenvalue weighted by Crippen LogP contribution is -2.17. The van der Waals surface area contributed by atoms with E-state index >= 15 is 0 Å². The zero-order valence-corrected chi connectivity index (χ0v) is 19.8. The summed E-state index contributed by atoms with van der Waals surface area (Å²) in [6.07, 6.45) is -5.45. The van der Waals surface area contributed by atoms with Crippen molar-refractivity contribution in [2.75, 3.05) is 7.11 Å². The maximum absolute atomic E-state index is 13.1. The van der Waals surface area contributed by atoms with Gasteiger partial charge in [0.25, 0.3) is 0 Å². The topological polar surface area (TPSA) is 167 Å². The second-order valence-electron chi connectivity index (χ2n) is 8.29. The Morgan fingerprint density at radius 3 is 2.18 bits per heavy atom. The smallest absolute Gasteiger partial charge is 0.507 e. The molecule has 0 fully saturated rings. The molecule has 1 unspecified atom stereocenters. The number of rotatable bonds is 6. The quantitative estimate of drug-likeness (QED) is 0.170. The number of carbonyl (C=O) groups is 1. The molecule has 0 aliphatic heterocycles. The normalized spacial score (nSPS) is 12.3. The van der Waals surface area contributed by atoms with Crippen LogP contribution in [0.2, 0.25) is 0 Å². The molecule has 13 heteroatoms. The second-order valence-corrected chi connectivity index (χ2v) is 8.29. The van der Waals surface area contributed by atoms with Crippen molar-refractivity contribution in [3.05, 3.63) is 69.9 Å². The highest BCUT2D eigenvalue weighted by atomic mass is 19.4. The molecule has 3 aromatic carbocycles.